The van der Waals surface area contributed by atoms with Crippen molar-refractivity contribution in [3.8, 4) is 0 Å². The van der Waals surface area contributed by atoms with E-state index in [1.165, 1.54) is 18.2 Å². The minimum absolute atomic E-state index is 0.237. The van der Waals surface area contributed by atoms with Crippen molar-refractivity contribution in [3.05, 3.63) is 67.9 Å². The maximum absolute atomic E-state index is 11.6. The molecule has 0 aliphatic carbocycles. The van der Waals surface area contributed by atoms with Crippen molar-refractivity contribution in [1.82, 2.24) is 15.0 Å². The zero-order chi connectivity index (χ0) is 14.6. The second-order valence-corrected chi connectivity index (χ2v) is 4.87. The lowest BCUT2D eigenvalue weighted by Gasteiger charge is -2.08. The highest BCUT2D eigenvalue weighted by Gasteiger charge is 2.10. The molecule has 3 heterocycles. The molecule has 0 saturated heterocycles. The summed E-state index contributed by atoms with van der Waals surface area (Å²) in [6, 6.07) is 4.41. The first kappa shape index (κ1) is 11.7. The van der Waals surface area contributed by atoms with E-state index < -0.39 is 0 Å². The van der Waals surface area contributed by atoms with Gasteiger partial charge in [-0.25, -0.2) is 0 Å². The van der Waals surface area contributed by atoms with Gasteiger partial charge < -0.3 is 15.0 Å². The van der Waals surface area contributed by atoms with Gasteiger partial charge in [0, 0.05) is 52.9 Å². The second kappa shape index (κ2) is 3.92. The molecule has 0 radical (unpaired) electrons. The first-order chi connectivity index (χ1) is 10.1. The summed E-state index contributed by atoms with van der Waals surface area (Å²) in [4.78, 5) is 42.7. The van der Waals surface area contributed by atoms with Crippen LogP contribution in [0.1, 0.15) is 0 Å². The summed E-state index contributed by atoms with van der Waals surface area (Å²) >= 11 is 0. The largest absolute Gasteiger partial charge is 0.328 e. The first-order valence-corrected chi connectivity index (χ1v) is 6.33. The van der Waals surface area contributed by atoms with Crippen LogP contribution in [0.4, 0.5) is 0 Å². The van der Waals surface area contributed by atoms with Crippen LogP contribution in [0.15, 0.2) is 51.2 Å². The van der Waals surface area contributed by atoms with E-state index in [0.717, 1.165) is 16.2 Å². The van der Waals surface area contributed by atoms with Crippen molar-refractivity contribution in [2.24, 2.45) is 0 Å². The highest BCUT2D eigenvalue weighted by Crippen LogP contribution is 2.31. The topological polar surface area (TPSA) is 98.6 Å². The second-order valence-electron chi connectivity index (χ2n) is 4.87. The Balaban J connectivity index is 2.48. The summed E-state index contributed by atoms with van der Waals surface area (Å²) in [5.74, 6) is 0. The number of rotatable bonds is 0. The SMILES string of the molecule is O=c1cc2c(c[nH]1)c1cc(=O)[nH]cc1c1cc(=O)[nH]cc21. The highest BCUT2D eigenvalue weighted by molar-refractivity contribution is 6.24. The van der Waals surface area contributed by atoms with Crippen LogP contribution in [-0.4, -0.2) is 15.0 Å². The predicted octanol–water partition coefficient (Wildman–Crippen LogP) is 1.21. The Morgan fingerprint density at radius 3 is 1.05 bits per heavy atom. The molecule has 4 rings (SSSR count). The average Bonchev–Trinajstić information content (AvgIpc) is 2.46. The lowest BCUT2D eigenvalue weighted by molar-refractivity contribution is 1.25. The van der Waals surface area contributed by atoms with Crippen molar-refractivity contribution in [2.75, 3.05) is 0 Å². The van der Waals surface area contributed by atoms with Gasteiger partial charge in [-0.3, -0.25) is 14.4 Å². The van der Waals surface area contributed by atoms with Gasteiger partial charge in [0.2, 0.25) is 16.7 Å². The molecule has 6 heteroatoms. The number of nitrogens with one attached hydrogen (secondary N) is 3. The van der Waals surface area contributed by atoms with Crippen LogP contribution in [0.3, 0.4) is 0 Å². The number of H-pyrrole nitrogens is 3. The number of aromatic nitrogens is 3. The third-order valence-electron chi connectivity index (χ3n) is 3.64. The number of benzene rings is 1. The molecule has 6 nitrogen and oxygen atoms in total. The lowest BCUT2D eigenvalue weighted by Crippen LogP contribution is -2.07. The van der Waals surface area contributed by atoms with Crippen LogP contribution in [-0.2, 0) is 0 Å². The minimum atomic E-state index is -0.237. The van der Waals surface area contributed by atoms with Crippen LogP contribution in [0.25, 0.3) is 32.3 Å². The molecule has 0 aliphatic heterocycles. The van der Waals surface area contributed by atoms with E-state index in [9.17, 15) is 14.4 Å². The van der Waals surface area contributed by atoms with E-state index in [1.54, 1.807) is 18.6 Å². The smallest absolute Gasteiger partial charge is 0.248 e. The van der Waals surface area contributed by atoms with Crippen molar-refractivity contribution in [2.45, 2.75) is 0 Å². The zero-order valence-electron chi connectivity index (χ0n) is 10.7. The van der Waals surface area contributed by atoms with E-state index in [-0.39, 0.29) is 16.7 Å². The molecule has 0 fully saturated rings. The number of hydrogen-bond donors (Lipinski definition) is 3. The van der Waals surface area contributed by atoms with Crippen LogP contribution < -0.4 is 16.7 Å². The fraction of sp³-hybridized carbons (Fsp3) is 0. The molecule has 0 atom stereocenters. The Labute approximate surface area is 116 Å². The molecule has 0 unspecified atom stereocenters. The number of fused-ring (bicyclic) bond motifs is 6. The lowest BCUT2D eigenvalue weighted by atomic mass is 9.98. The molecule has 4 aromatic rings. The summed E-state index contributed by atoms with van der Waals surface area (Å²) in [6.45, 7) is 0. The molecule has 0 saturated carbocycles. The summed E-state index contributed by atoms with van der Waals surface area (Å²) < 4.78 is 0. The normalized spacial score (nSPS) is 11.4. The van der Waals surface area contributed by atoms with Gasteiger partial charge in [0.05, 0.1) is 0 Å². The van der Waals surface area contributed by atoms with E-state index in [0.29, 0.717) is 16.2 Å². The summed E-state index contributed by atoms with van der Waals surface area (Å²) in [5.41, 5.74) is -0.711. The molecule has 3 N–H and O–H groups in total. The molecule has 0 bridgehead atoms. The monoisotopic (exact) mass is 279 g/mol. The van der Waals surface area contributed by atoms with Crippen LogP contribution in [0.5, 0.6) is 0 Å². The van der Waals surface area contributed by atoms with Crippen molar-refractivity contribution < 1.29 is 0 Å². The van der Waals surface area contributed by atoms with Gasteiger partial charge in [-0.1, -0.05) is 0 Å². The molecular weight excluding hydrogens is 270 g/mol. The fourth-order valence-electron chi connectivity index (χ4n) is 2.75. The Morgan fingerprint density at radius 1 is 0.476 bits per heavy atom. The third kappa shape index (κ3) is 1.62. The van der Waals surface area contributed by atoms with Gasteiger partial charge in [0.1, 0.15) is 0 Å². The van der Waals surface area contributed by atoms with Crippen LogP contribution in [0.2, 0.25) is 0 Å². The summed E-state index contributed by atoms with van der Waals surface area (Å²) in [6.07, 6.45) is 4.76. The van der Waals surface area contributed by atoms with E-state index in [1.807, 2.05) is 0 Å². The maximum Gasteiger partial charge on any atom is 0.248 e. The molecular formula is C15H9N3O3. The Hall–Kier alpha value is -3.15. The zero-order valence-corrected chi connectivity index (χ0v) is 10.7. The molecule has 0 aliphatic rings. The summed E-state index contributed by atoms with van der Waals surface area (Å²) in [7, 11) is 0. The fourth-order valence-corrected chi connectivity index (χ4v) is 2.75. The number of pyridine rings is 3. The molecule has 0 amide bonds. The standard InChI is InChI=1S/C15H9N3O3/c19-13-1-7-10(4-16-13)8-2-15(21)18-6-12(8)9-3-14(20)17-5-11(7)9/h1-6H,(H,16,19)(H,17,20)(H,18,21). The summed E-state index contributed by atoms with van der Waals surface area (Å²) in [5, 5.41) is 4.37. The minimum Gasteiger partial charge on any atom is -0.328 e. The average molecular weight is 279 g/mol. The third-order valence-corrected chi connectivity index (χ3v) is 3.64. The Morgan fingerprint density at radius 2 is 0.762 bits per heavy atom. The van der Waals surface area contributed by atoms with E-state index in [4.69, 9.17) is 0 Å². The first-order valence-electron chi connectivity index (χ1n) is 6.33. The molecule has 21 heavy (non-hydrogen) atoms. The van der Waals surface area contributed by atoms with Crippen LogP contribution in [0, 0.1) is 0 Å². The molecule has 102 valence electrons. The predicted molar refractivity (Wildman–Crippen MR) is 80.8 cm³/mol. The highest BCUT2D eigenvalue weighted by atomic mass is 16.1. The van der Waals surface area contributed by atoms with E-state index >= 15 is 0 Å². The van der Waals surface area contributed by atoms with Gasteiger partial charge >= 0.3 is 0 Å². The quantitative estimate of drug-likeness (QED) is 0.422. The molecule has 0 spiro atoms. The van der Waals surface area contributed by atoms with Crippen molar-refractivity contribution in [1.29, 1.82) is 0 Å². The Kier molecular flexibility index (Phi) is 2.18. The van der Waals surface area contributed by atoms with Gasteiger partial charge in [-0.05, 0) is 16.2 Å². The van der Waals surface area contributed by atoms with Gasteiger partial charge in [0.25, 0.3) is 0 Å². The van der Waals surface area contributed by atoms with E-state index in [2.05, 4.69) is 15.0 Å². The maximum atomic E-state index is 11.6. The van der Waals surface area contributed by atoms with Crippen molar-refractivity contribution >= 4 is 32.3 Å². The van der Waals surface area contributed by atoms with Crippen molar-refractivity contribution in [3.63, 3.8) is 0 Å². The molecule has 1 aromatic carbocycles. The number of hydrogen-bond acceptors (Lipinski definition) is 3. The number of aromatic amines is 3. The van der Waals surface area contributed by atoms with Gasteiger partial charge in [-0.2, -0.15) is 0 Å². The Bertz CT molecular complexity index is 1020. The molecule has 3 aromatic heterocycles. The van der Waals surface area contributed by atoms with Gasteiger partial charge in [-0.15, -0.1) is 0 Å². The van der Waals surface area contributed by atoms with Crippen LogP contribution >= 0.6 is 0 Å². The van der Waals surface area contributed by atoms with Gasteiger partial charge in [0.15, 0.2) is 0 Å².